The molecular formula is C12H16N4O. The quantitative estimate of drug-likeness (QED) is 0.819. The minimum atomic E-state index is 0.0965. The molecule has 2 aromatic rings. The van der Waals surface area contributed by atoms with Gasteiger partial charge in [0, 0.05) is 18.6 Å². The topological polar surface area (TPSA) is 63.0 Å². The fraction of sp³-hybridized carbons (Fsp3) is 0.333. The van der Waals surface area contributed by atoms with Crippen molar-refractivity contribution in [3.05, 3.63) is 42.5 Å². The van der Waals surface area contributed by atoms with Crippen molar-refractivity contribution in [2.45, 2.75) is 19.5 Å². The summed E-state index contributed by atoms with van der Waals surface area (Å²) in [5, 5.41) is 16.3. The number of nitrogens with one attached hydrogen (secondary N) is 1. The summed E-state index contributed by atoms with van der Waals surface area (Å²) in [6, 6.07) is 4.13. The molecule has 17 heavy (non-hydrogen) atoms. The standard InChI is InChI=1S/C12H16N4O/c1-10(11-3-2-4-13-7-11)15-12-8-14-16(9-12)5-6-17/h2-4,7-10,15,17H,5-6H2,1H3. The third kappa shape index (κ3) is 3.04. The molecule has 2 N–H and O–H groups in total. The van der Waals surface area contributed by atoms with Crippen molar-refractivity contribution in [3.63, 3.8) is 0 Å². The fourth-order valence-corrected chi connectivity index (χ4v) is 1.63. The molecule has 1 unspecified atom stereocenters. The van der Waals surface area contributed by atoms with E-state index in [0.29, 0.717) is 6.54 Å². The maximum atomic E-state index is 8.80. The predicted octanol–water partition coefficient (Wildman–Crippen LogP) is 1.44. The summed E-state index contributed by atoms with van der Waals surface area (Å²) in [4.78, 5) is 4.09. The second kappa shape index (κ2) is 5.45. The van der Waals surface area contributed by atoms with Gasteiger partial charge in [0.2, 0.25) is 0 Å². The Balaban J connectivity index is 2.00. The Hall–Kier alpha value is -1.88. The van der Waals surface area contributed by atoms with Crippen LogP contribution in [0.4, 0.5) is 5.69 Å². The van der Waals surface area contributed by atoms with Gasteiger partial charge in [0.1, 0.15) is 0 Å². The molecule has 0 radical (unpaired) electrons. The highest BCUT2D eigenvalue weighted by atomic mass is 16.3. The van der Waals surface area contributed by atoms with E-state index in [2.05, 4.69) is 22.3 Å². The van der Waals surface area contributed by atoms with Crippen molar-refractivity contribution in [2.24, 2.45) is 0 Å². The molecule has 5 nitrogen and oxygen atoms in total. The zero-order valence-corrected chi connectivity index (χ0v) is 9.74. The summed E-state index contributed by atoms with van der Waals surface area (Å²) < 4.78 is 1.71. The van der Waals surface area contributed by atoms with Crippen LogP contribution < -0.4 is 5.32 Å². The molecular weight excluding hydrogens is 216 g/mol. The summed E-state index contributed by atoms with van der Waals surface area (Å²) in [6.45, 7) is 2.68. The molecule has 2 aromatic heterocycles. The van der Waals surface area contributed by atoms with Gasteiger partial charge in [0.25, 0.3) is 0 Å². The molecule has 5 heteroatoms. The third-order valence-electron chi connectivity index (χ3n) is 2.53. The molecule has 0 aromatic carbocycles. The number of hydrogen-bond acceptors (Lipinski definition) is 4. The van der Waals surface area contributed by atoms with E-state index in [1.54, 1.807) is 17.1 Å². The van der Waals surface area contributed by atoms with Gasteiger partial charge in [0.05, 0.1) is 31.1 Å². The lowest BCUT2D eigenvalue weighted by atomic mass is 10.1. The van der Waals surface area contributed by atoms with Gasteiger partial charge in [-0.2, -0.15) is 5.10 Å². The van der Waals surface area contributed by atoms with E-state index in [1.807, 2.05) is 24.5 Å². The van der Waals surface area contributed by atoms with Gasteiger partial charge in [-0.25, -0.2) is 0 Å². The van der Waals surface area contributed by atoms with Gasteiger partial charge in [-0.05, 0) is 18.6 Å². The van der Waals surface area contributed by atoms with Gasteiger partial charge in [-0.1, -0.05) is 6.07 Å². The Bertz CT molecular complexity index is 455. The Kier molecular flexibility index (Phi) is 3.72. The van der Waals surface area contributed by atoms with E-state index >= 15 is 0 Å². The van der Waals surface area contributed by atoms with E-state index in [4.69, 9.17) is 5.11 Å². The number of anilines is 1. The highest BCUT2D eigenvalue weighted by molar-refractivity contribution is 5.41. The van der Waals surface area contributed by atoms with Gasteiger partial charge >= 0.3 is 0 Å². The number of hydrogen-bond donors (Lipinski definition) is 2. The first-order valence-electron chi connectivity index (χ1n) is 5.59. The third-order valence-corrected chi connectivity index (χ3v) is 2.53. The van der Waals surface area contributed by atoms with Gasteiger partial charge in [-0.15, -0.1) is 0 Å². The van der Waals surface area contributed by atoms with E-state index < -0.39 is 0 Å². The van der Waals surface area contributed by atoms with Crippen LogP contribution >= 0.6 is 0 Å². The minimum absolute atomic E-state index is 0.0965. The number of aromatic nitrogens is 3. The van der Waals surface area contributed by atoms with Gasteiger partial charge in [-0.3, -0.25) is 9.67 Å². The van der Waals surface area contributed by atoms with E-state index in [1.165, 1.54) is 0 Å². The Morgan fingerprint density at radius 3 is 3.06 bits per heavy atom. The van der Waals surface area contributed by atoms with Crippen LogP contribution in [-0.2, 0) is 6.54 Å². The van der Waals surface area contributed by atoms with Crippen molar-refractivity contribution in [1.29, 1.82) is 0 Å². The largest absolute Gasteiger partial charge is 0.394 e. The Labute approximate surface area is 100 Å². The number of rotatable bonds is 5. The lowest BCUT2D eigenvalue weighted by molar-refractivity contribution is 0.269. The zero-order valence-electron chi connectivity index (χ0n) is 9.74. The molecule has 1 atom stereocenters. The van der Waals surface area contributed by atoms with Crippen molar-refractivity contribution in [3.8, 4) is 0 Å². The predicted molar refractivity (Wildman–Crippen MR) is 65.6 cm³/mol. The molecule has 0 amide bonds. The minimum Gasteiger partial charge on any atom is -0.394 e. The van der Waals surface area contributed by atoms with Crippen LogP contribution in [0.3, 0.4) is 0 Å². The van der Waals surface area contributed by atoms with Crippen LogP contribution in [-0.4, -0.2) is 26.5 Å². The molecule has 0 saturated heterocycles. The maximum Gasteiger partial charge on any atom is 0.0731 e. The molecule has 0 fully saturated rings. The first-order valence-corrected chi connectivity index (χ1v) is 5.59. The summed E-state index contributed by atoms with van der Waals surface area (Å²) in [5.41, 5.74) is 2.07. The average molecular weight is 232 g/mol. The monoisotopic (exact) mass is 232 g/mol. The first kappa shape index (κ1) is 11.6. The van der Waals surface area contributed by atoms with Crippen molar-refractivity contribution in [2.75, 3.05) is 11.9 Å². The lowest BCUT2D eigenvalue weighted by Crippen LogP contribution is -2.06. The van der Waals surface area contributed by atoms with E-state index in [0.717, 1.165) is 11.3 Å². The first-order chi connectivity index (χ1) is 8.29. The molecule has 2 rings (SSSR count). The molecule has 0 saturated carbocycles. The molecule has 0 aliphatic carbocycles. The van der Waals surface area contributed by atoms with Crippen LogP contribution in [0.1, 0.15) is 18.5 Å². The molecule has 0 bridgehead atoms. The Morgan fingerprint density at radius 1 is 1.47 bits per heavy atom. The second-order valence-corrected chi connectivity index (χ2v) is 3.87. The number of aliphatic hydroxyl groups excluding tert-OH is 1. The zero-order chi connectivity index (χ0) is 12.1. The fourth-order valence-electron chi connectivity index (χ4n) is 1.63. The normalized spacial score (nSPS) is 12.4. The maximum absolute atomic E-state index is 8.80. The average Bonchev–Trinajstić information content (AvgIpc) is 2.78. The van der Waals surface area contributed by atoms with Crippen molar-refractivity contribution < 1.29 is 5.11 Å². The summed E-state index contributed by atoms with van der Waals surface area (Å²) in [5.74, 6) is 0. The Morgan fingerprint density at radius 2 is 2.35 bits per heavy atom. The summed E-state index contributed by atoms with van der Waals surface area (Å²) in [6.07, 6.45) is 7.23. The lowest BCUT2D eigenvalue weighted by Gasteiger charge is -2.13. The number of nitrogens with zero attached hydrogens (tertiary/aromatic N) is 3. The molecule has 2 heterocycles. The SMILES string of the molecule is CC(Nc1cnn(CCO)c1)c1cccnc1. The highest BCUT2D eigenvalue weighted by Gasteiger charge is 2.06. The molecule has 0 aliphatic heterocycles. The van der Waals surface area contributed by atoms with Crippen LogP contribution in [0.2, 0.25) is 0 Å². The van der Waals surface area contributed by atoms with Crippen LogP contribution in [0.25, 0.3) is 0 Å². The smallest absolute Gasteiger partial charge is 0.0731 e. The van der Waals surface area contributed by atoms with Crippen molar-refractivity contribution >= 4 is 5.69 Å². The summed E-state index contributed by atoms with van der Waals surface area (Å²) in [7, 11) is 0. The molecule has 90 valence electrons. The van der Waals surface area contributed by atoms with Gasteiger partial charge < -0.3 is 10.4 Å². The number of pyridine rings is 1. The summed E-state index contributed by atoms with van der Waals surface area (Å²) >= 11 is 0. The van der Waals surface area contributed by atoms with Crippen LogP contribution in [0, 0.1) is 0 Å². The second-order valence-electron chi connectivity index (χ2n) is 3.87. The van der Waals surface area contributed by atoms with E-state index in [9.17, 15) is 0 Å². The van der Waals surface area contributed by atoms with Crippen LogP contribution in [0.5, 0.6) is 0 Å². The molecule has 0 aliphatic rings. The molecule has 0 spiro atoms. The van der Waals surface area contributed by atoms with Crippen molar-refractivity contribution in [1.82, 2.24) is 14.8 Å². The van der Waals surface area contributed by atoms with E-state index in [-0.39, 0.29) is 12.6 Å². The van der Waals surface area contributed by atoms with Crippen LogP contribution in [0.15, 0.2) is 36.9 Å². The highest BCUT2D eigenvalue weighted by Crippen LogP contribution is 2.17. The number of aliphatic hydroxyl groups is 1. The van der Waals surface area contributed by atoms with Gasteiger partial charge in [0.15, 0.2) is 0 Å².